The molecule has 28 heavy (non-hydrogen) atoms. The fraction of sp³-hybridized carbons (Fsp3) is 0.0833. The van der Waals surface area contributed by atoms with Crippen LogP contribution in [0.4, 0.5) is 5.69 Å². The molecule has 0 fully saturated rings. The average Bonchev–Trinajstić information content (AvgIpc) is 3.49. The Hall–Kier alpha value is -3.50. The Balaban J connectivity index is 0.000000336. The van der Waals surface area contributed by atoms with Gasteiger partial charge < -0.3 is 5.43 Å². The lowest BCUT2D eigenvalue weighted by Crippen LogP contribution is -2.33. The maximum Gasteiger partial charge on any atom is 0.0958 e. The molecule has 0 bridgehead atoms. The number of anilines is 1. The van der Waals surface area contributed by atoms with Crippen LogP contribution in [0.1, 0.15) is 17.2 Å². The van der Waals surface area contributed by atoms with E-state index in [1.807, 2.05) is 24.4 Å². The largest absolute Gasteiger partial charge is 0.329 e. The second kappa shape index (κ2) is 8.93. The summed E-state index contributed by atoms with van der Waals surface area (Å²) in [5.74, 6) is 0. The van der Waals surface area contributed by atoms with Crippen molar-refractivity contribution in [3.63, 3.8) is 0 Å². The molecule has 0 aromatic heterocycles. The molecular weight excluding hydrogens is 344 g/mol. The van der Waals surface area contributed by atoms with Gasteiger partial charge in [0.15, 0.2) is 0 Å². The van der Waals surface area contributed by atoms with E-state index in [9.17, 15) is 0 Å². The van der Waals surface area contributed by atoms with Gasteiger partial charge in [-0.3, -0.25) is 10.4 Å². The second-order valence-electron chi connectivity index (χ2n) is 6.55. The van der Waals surface area contributed by atoms with Crippen LogP contribution in [0.15, 0.2) is 109 Å². The van der Waals surface area contributed by atoms with Gasteiger partial charge in [0, 0.05) is 12.7 Å². The van der Waals surface area contributed by atoms with Crippen LogP contribution < -0.4 is 21.3 Å². The molecule has 2 heterocycles. The van der Waals surface area contributed by atoms with Crippen molar-refractivity contribution in [2.24, 2.45) is 0 Å². The number of rotatable bonds is 3. The van der Waals surface area contributed by atoms with Crippen molar-refractivity contribution in [3.05, 3.63) is 120 Å². The fourth-order valence-electron chi connectivity index (χ4n) is 3.25. The SMILES string of the molecule is C1=C(c2ccccc2)NN(c2ccccc2)C1c1ccccc1.C1=CNNC1. The molecule has 4 nitrogen and oxygen atoms in total. The Kier molecular flexibility index (Phi) is 5.71. The predicted octanol–water partition coefficient (Wildman–Crippen LogP) is 4.40. The van der Waals surface area contributed by atoms with E-state index < -0.39 is 0 Å². The van der Waals surface area contributed by atoms with Crippen LogP contribution in [0.5, 0.6) is 0 Å². The van der Waals surface area contributed by atoms with Gasteiger partial charge >= 0.3 is 0 Å². The fourth-order valence-corrected chi connectivity index (χ4v) is 3.25. The van der Waals surface area contributed by atoms with Gasteiger partial charge in [0.2, 0.25) is 0 Å². The molecule has 2 aliphatic heterocycles. The highest BCUT2D eigenvalue weighted by molar-refractivity contribution is 5.72. The lowest BCUT2D eigenvalue weighted by atomic mass is 10.0. The molecule has 2 aliphatic rings. The zero-order valence-electron chi connectivity index (χ0n) is 15.6. The van der Waals surface area contributed by atoms with Crippen LogP contribution >= 0.6 is 0 Å². The maximum absolute atomic E-state index is 3.57. The average molecular weight is 368 g/mol. The molecule has 3 aromatic rings. The summed E-state index contributed by atoms with van der Waals surface area (Å²) >= 11 is 0. The molecular formula is C24H24N4. The first kappa shape index (κ1) is 17.9. The monoisotopic (exact) mass is 368 g/mol. The van der Waals surface area contributed by atoms with Crippen molar-refractivity contribution in [2.75, 3.05) is 11.6 Å². The third-order valence-electron chi connectivity index (χ3n) is 4.63. The molecule has 0 saturated carbocycles. The summed E-state index contributed by atoms with van der Waals surface area (Å²) in [5, 5.41) is 2.22. The first-order chi connectivity index (χ1) is 13.9. The zero-order chi connectivity index (χ0) is 19.0. The number of hydrogen-bond acceptors (Lipinski definition) is 4. The van der Waals surface area contributed by atoms with Crippen LogP contribution in [-0.2, 0) is 0 Å². The molecule has 3 aromatic carbocycles. The Morgan fingerprint density at radius 2 is 1.39 bits per heavy atom. The highest BCUT2D eigenvalue weighted by atomic mass is 15.5. The van der Waals surface area contributed by atoms with Crippen LogP contribution in [0.2, 0.25) is 0 Å². The van der Waals surface area contributed by atoms with Gasteiger partial charge in [-0.15, -0.1) is 0 Å². The normalized spacial score (nSPS) is 17.2. The van der Waals surface area contributed by atoms with Crippen molar-refractivity contribution >= 4 is 11.4 Å². The quantitative estimate of drug-likeness (QED) is 0.641. The van der Waals surface area contributed by atoms with E-state index in [1.165, 1.54) is 11.1 Å². The summed E-state index contributed by atoms with van der Waals surface area (Å²) < 4.78 is 0. The van der Waals surface area contributed by atoms with Crippen molar-refractivity contribution in [1.29, 1.82) is 0 Å². The van der Waals surface area contributed by atoms with Crippen molar-refractivity contribution in [3.8, 4) is 0 Å². The zero-order valence-corrected chi connectivity index (χ0v) is 15.6. The molecule has 4 heteroatoms. The molecule has 0 radical (unpaired) electrons. The van der Waals surface area contributed by atoms with Crippen molar-refractivity contribution < 1.29 is 0 Å². The van der Waals surface area contributed by atoms with Crippen LogP contribution in [0.3, 0.4) is 0 Å². The standard InChI is InChI=1S/C21H18N2.C3H6N2/c1-4-10-17(11-5-1)20-16-21(18-12-6-2-7-13-18)23(22-20)19-14-8-3-9-15-19;1-2-4-5-3-1/h1-16,21-22H;1-2,4-5H,3H2. The molecule has 0 saturated heterocycles. The van der Waals surface area contributed by atoms with Crippen molar-refractivity contribution in [1.82, 2.24) is 16.3 Å². The molecule has 1 atom stereocenters. The van der Waals surface area contributed by atoms with Gasteiger partial charge in [0.05, 0.1) is 17.4 Å². The lowest BCUT2D eigenvalue weighted by Gasteiger charge is -2.27. The Morgan fingerprint density at radius 1 is 0.750 bits per heavy atom. The van der Waals surface area contributed by atoms with E-state index in [-0.39, 0.29) is 6.04 Å². The van der Waals surface area contributed by atoms with Gasteiger partial charge in [-0.1, -0.05) is 84.9 Å². The Bertz CT molecular complexity index is 915. The number of benzene rings is 3. The number of hydrazine groups is 2. The summed E-state index contributed by atoms with van der Waals surface area (Å²) in [5.41, 5.74) is 14.0. The minimum atomic E-state index is 0.175. The van der Waals surface area contributed by atoms with Crippen molar-refractivity contribution in [2.45, 2.75) is 6.04 Å². The number of nitrogens with one attached hydrogen (secondary N) is 3. The second-order valence-corrected chi connectivity index (χ2v) is 6.55. The molecule has 1 unspecified atom stereocenters. The summed E-state index contributed by atoms with van der Waals surface area (Å²) in [6, 6.07) is 31.7. The van der Waals surface area contributed by atoms with Gasteiger partial charge in [-0.05, 0) is 29.3 Å². The molecule has 5 rings (SSSR count). The van der Waals surface area contributed by atoms with Gasteiger partial charge in [0.1, 0.15) is 0 Å². The molecule has 0 aliphatic carbocycles. The lowest BCUT2D eigenvalue weighted by molar-refractivity contribution is 0.724. The third kappa shape index (κ3) is 4.24. The predicted molar refractivity (Wildman–Crippen MR) is 116 cm³/mol. The smallest absolute Gasteiger partial charge is 0.0958 e. The summed E-state index contributed by atoms with van der Waals surface area (Å²) in [6.45, 7) is 0.958. The Labute approximate surface area is 166 Å². The van der Waals surface area contributed by atoms with E-state index in [2.05, 4.69) is 106 Å². The van der Waals surface area contributed by atoms with E-state index in [0.29, 0.717) is 0 Å². The summed E-state index contributed by atoms with van der Waals surface area (Å²) in [6.07, 6.45) is 6.18. The Morgan fingerprint density at radius 3 is 1.96 bits per heavy atom. The highest BCUT2D eigenvalue weighted by Crippen LogP contribution is 2.34. The topological polar surface area (TPSA) is 39.3 Å². The first-order valence-corrected chi connectivity index (χ1v) is 9.48. The van der Waals surface area contributed by atoms with E-state index in [1.54, 1.807) is 0 Å². The minimum Gasteiger partial charge on any atom is -0.329 e. The number of hydrogen-bond donors (Lipinski definition) is 3. The summed E-state index contributed by atoms with van der Waals surface area (Å²) in [4.78, 5) is 0. The number of para-hydroxylation sites is 1. The maximum atomic E-state index is 3.57. The minimum absolute atomic E-state index is 0.175. The van der Waals surface area contributed by atoms with E-state index in [4.69, 9.17) is 0 Å². The number of nitrogens with zero attached hydrogens (tertiary/aromatic N) is 1. The summed E-state index contributed by atoms with van der Waals surface area (Å²) in [7, 11) is 0. The molecule has 3 N–H and O–H groups in total. The molecule has 0 amide bonds. The van der Waals surface area contributed by atoms with E-state index in [0.717, 1.165) is 17.9 Å². The van der Waals surface area contributed by atoms with Gasteiger partial charge in [-0.25, -0.2) is 5.43 Å². The molecule has 0 spiro atoms. The van der Waals surface area contributed by atoms with Crippen LogP contribution in [0.25, 0.3) is 5.70 Å². The molecule has 140 valence electrons. The van der Waals surface area contributed by atoms with Gasteiger partial charge in [-0.2, -0.15) is 0 Å². The third-order valence-corrected chi connectivity index (χ3v) is 4.63. The van der Waals surface area contributed by atoms with Gasteiger partial charge in [0.25, 0.3) is 0 Å². The van der Waals surface area contributed by atoms with E-state index >= 15 is 0 Å². The van der Waals surface area contributed by atoms with Crippen LogP contribution in [-0.4, -0.2) is 6.54 Å². The van der Waals surface area contributed by atoms with Crippen LogP contribution in [0, 0.1) is 0 Å². The first-order valence-electron chi connectivity index (χ1n) is 9.48. The highest BCUT2D eigenvalue weighted by Gasteiger charge is 2.26.